The molecule has 2 N–H and O–H groups in total. The number of nitrogens with zero attached hydrogens (tertiary/aromatic N) is 2. The summed E-state index contributed by atoms with van der Waals surface area (Å²) >= 11 is 1.04. The molecule has 0 saturated carbocycles. The first kappa shape index (κ1) is 22.5. The van der Waals surface area contributed by atoms with Crippen LogP contribution in [0.2, 0.25) is 0 Å². The first-order valence-electron chi connectivity index (χ1n) is 7.29. The minimum Gasteiger partial charge on any atom is -0.371 e. The molecule has 0 saturated heterocycles. The van der Waals surface area contributed by atoms with Gasteiger partial charge >= 0.3 is 11.4 Å². The highest BCUT2D eigenvalue weighted by Gasteiger charge is 2.34. The lowest BCUT2D eigenvalue weighted by atomic mass is 10.3. The molecule has 0 atom stereocenters. The standard InChI is InChI=1S/C9H14N4O4S.2C2H6/c1-6-7(12(14)15)8(13(16)17)9(18-6)11-5-3-4-10-2;2*1-2/h10-11H,3-5H2,1-2H3;2*1-2H3. The number of thiophene rings is 1. The lowest BCUT2D eigenvalue weighted by Crippen LogP contribution is -2.12. The number of rotatable bonds is 7. The molecule has 0 aromatic carbocycles. The van der Waals surface area contributed by atoms with Gasteiger partial charge in [-0.25, -0.2) is 0 Å². The number of anilines is 1. The molecule has 1 aromatic rings. The topological polar surface area (TPSA) is 110 Å². The van der Waals surface area contributed by atoms with Crippen molar-refractivity contribution in [1.29, 1.82) is 0 Å². The molecule has 9 heteroatoms. The molecule has 22 heavy (non-hydrogen) atoms. The van der Waals surface area contributed by atoms with Gasteiger partial charge in [-0.15, -0.1) is 11.3 Å². The van der Waals surface area contributed by atoms with Gasteiger partial charge in [0, 0.05) is 6.54 Å². The molecule has 0 bridgehead atoms. The van der Waals surface area contributed by atoms with Crippen LogP contribution in [-0.4, -0.2) is 30.0 Å². The van der Waals surface area contributed by atoms with Crippen molar-refractivity contribution in [2.75, 3.05) is 25.5 Å². The Labute approximate surface area is 135 Å². The fourth-order valence-corrected chi connectivity index (χ4v) is 2.51. The second-order valence-corrected chi connectivity index (χ2v) is 4.81. The minimum absolute atomic E-state index is 0.250. The van der Waals surface area contributed by atoms with E-state index in [-0.39, 0.29) is 5.00 Å². The largest absolute Gasteiger partial charge is 0.380 e. The number of nitro groups is 2. The Kier molecular flexibility index (Phi) is 13.3. The molecule has 1 rings (SSSR count). The predicted octanol–water partition coefficient (Wildman–Crippen LogP) is 3.95. The summed E-state index contributed by atoms with van der Waals surface area (Å²) in [5, 5.41) is 27.8. The summed E-state index contributed by atoms with van der Waals surface area (Å²) in [5.74, 6) is 0. The molecule has 0 spiro atoms. The van der Waals surface area contributed by atoms with Crippen LogP contribution in [0, 0.1) is 27.2 Å². The Balaban J connectivity index is 0. The zero-order valence-corrected chi connectivity index (χ0v) is 14.9. The highest BCUT2D eigenvalue weighted by atomic mass is 32.1. The zero-order valence-electron chi connectivity index (χ0n) is 14.1. The van der Waals surface area contributed by atoms with Crippen LogP contribution in [0.15, 0.2) is 0 Å². The van der Waals surface area contributed by atoms with Gasteiger partial charge in [-0.2, -0.15) is 0 Å². The summed E-state index contributed by atoms with van der Waals surface area (Å²) < 4.78 is 0. The molecule has 1 heterocycles. The number of hydrogen-bond donors (Lipinski definition) is 2. The molecule has 0 aliphatic carbocycles. The Morgan fingerprint density at radius 3 is 1.91 bits per heavy atom. The fourth-order valence-electron chi connectivity index (χ4n) is 1.50. The summed E-state index contributed by atoms with van der Waals surface area (Å²) in [4.78, 5) is 20.6. The van der Waals surface area contributed by atoms with E-state index in [1.54, 1.807) is 0 Å². The van der Waals surface area contributed by atoms with Crippen LogP contribution in [-0.2, 0) is 0 Å². The van der Waals surface area contributed by atoms with Gasteiger partial charge in [-0.1, -0.05) is 27.7 Å². The Morgan fingerprint density at radius 1 is 1.00 bits per heavy atom. The van der Waals surface area contributed by atoms with Crippen molar-refractivity contribution in [1.82, 2.24) is 5.32 Å². The normalized spacial score (nSPS) is 9.00. The van der Waals surface area contributed by atoms with E-state index >= 15 is 0 Å². The van der Waals surface area contributed by atoms with E-state index in [0.717, 1.165) is 24.3 Å². The molecule has 0 unspecified atom stereocenters. The van der Waals surface area contributed by atoms with Gasteiger partial charge in [0.15, 0.2) is 5.00 Å². The van der Waals surface area contributed by atoms with Gasteiger partial charge in [-0.05, 0) is 26.9 Å². The van der Waals surface area contributed by atoms with Crippen LogP contribution in [0.3, 0.4) is 0 Å². The second-order valence-electron chi connectivity index (χ2n) is 3.58. The average molecular weight is 334 g/mol. The lowest BCUT2D eigenvalue weighted by Gasteiger charge is -2.02. The van der Waals surface area contributed by atoms with Crippen molar-refractivity contribution in [3.8, 4) is 0 Å². The van der Waals surface area contributed by atoms with E-state index < -0.39 is 21.2 Å². The molecule has 128 valence electrons. The molecule has 0 radical (unpaired) electrons. The third kappa shape index (κ3) is 6.81. The summed E-state index contributed by atoms with van der Waals surface area (Å²) in [5.41, 5.74) is -0.854. The SMILES string of the molecule is CC.CC.CNCCCNc1sc(C)c([N+](=O)[O-])c1[N+](=O)[O-]. The van der Waals surface area contributed by atoms with Gasteiger partial charge in [0.25, 0.3) is 0 Å². The number of nitrogens with one attached hydrogen (secondary N) is 2. The third-order valence-corrected chi connectivity index (χ3v) is 3.32. The summed E-state index contributed by atoms with van der Waals surface area (Å²) in [6.07, 6.45) is 0.776. The Morgan fingerprint density at radius 2 is 1.50 bits per heavy atom. The van der Waals surface area contributed by atoms with Crippen LogP contribution in [0.5, 0.6) is 0 Å². The summed E-state index contributed by atoms with van der Waals surface area (Å²) in [6.45, 7) is 10.8. The average Bonchev–Trinajstić information content (AvgIpc) is 2.84. The maximum absolute atomic E-state index is 10.9. The van der Waals surface area contributed by atoms with E-state index in [0.29, 0.717) is 11.4 Å². The molecule has 0 aliphatic rings. The Hall–Kier alpha value is -1.74. The Bertz CT molecular complexity index is 463. The van der Waals surface area contributed by atoms with Crippen LogP contribution >= 0.6 is 11.3 Å². The van der Waals surface area contributed by atoms with E-state index in [1.165, 1.54) is 6.92 Å². The van der Waals surface area contributed by atoms with Crippen molar-refractivity contribution in [2.24, 2.45) is 0 Å². The van der Waals surface area contributed by atoms with Crippen LogP contribution in [0.25, 0.3) is 0 Å². The summed E-state index contributed by atoms with van der Waals surface area (Å²) in [7, 11) is 1.81. The van der Waals surface area contributed by atoms with Crippen molar-refractivity contribution < 1.29 is 9.85 Å². The molecule has 1 aromatic heterocycles. The molecular weight excluding hydrogens is 308 g/mol. The van der Waals surface area contributed by atoms with Crippen molar-refractivity contribution in [3.05, 3.63) is 25.1 Å². The number of aryl methyl sites for hydroxylation is 1. The molecular formula is C13H26N4O4S. The monoisotopic (exact) mass is 334 g/mol. The van der Waals surface area contributed by atoms with Crippen molar-refractivity contribution in [3.63, 3.8) is 0 Å². The van der Waals surface area contributed by atoms with Crippen LogP contribution in [0.4, 0.5) is 16.4 Å². The molecule has 0 fully saturated rings. The van der Waals surface area contributed by atoms with Crippen LogP contribution in [0.1, 0.15) is 39.0 Å². The summed E-state index contributed by atoms with van der Waals surface area (Å²) in [6, 6.07) is 0. The fraction of sp³-hybridized carbons (Fsp3) is 0.692. The number of hydrogen-bond acceptors (Lipinski definition) is 7. The second kappa shape index (κ2) is 13.0. The van der Waals surface area contributed by atoms with E-state index in [9.17, 15) is 20.2 Å². The minimum atomic E-state index is -0.706. The maximum Gasteiger partial charge on any atom is 0.380 e. The maximum atomic E-state index is 10.9. The third-order valence-electron chi connectivity index (χ3n) is 2.28. The van der Waals surface area contributed by atoms with Crippen molar-refractivity contribution in [2.45, 2.75) is 41.0 Å². The zero-order chi connectivity index (χ0) is 17.7. The van der Waals surface area contributed by atoms with Gasteiger partial charge in [-0.3, -0.25) is 20.2 Å². The predicted molar refractivity (Wildman–Crippen MR) is 92.1 cm³/mol. The quantitative estimate of drug-likeness (QED) is 0.444. The van der Waals surface area contributed by atoms with Crippen molar-refractivity contribution >= 4 is 27.7 Å². The van der Waals surface area contributed by atoms with Gasteiger partial charge in [0.2, 0.25) is 0 Å². The highest BCUT2D eigenvalue weighted by Crippen LogP contribution is 2.44. The molecule has 0 amide bonds. The molecule has 8 nitrogen and oxygen atoms in total. The molecule has 0 aliphatic heterocycles. The van der Waals surface area contributed by atoms with Gasteiger partial charge in [0.1, 0.15) is 0 Å². The van der Waals surface area contributed by atoms with Gasteiger partial charge in [0.05, 0.1) is 14.7 Å². The smallest absolute Gasteiger partial charge is 0.371 e. The first-order chi connectivity index (χ1) is 10.5. The van der Waals surface area contributed by atoms with E-state index in [4.69, 9.17) is 0 Å². The first-order valence-corrected chi connectivity index (χ1v) is 8.11. The lowest BCUT2D eigenvalue weighted by molar-refractivity contribution is -0.421. The van der Waals surface area contributed by atoms with Crippen LogP contribution < -0.4 is 10.6 Å². The van der Waals surface area contributed by atoms with E-state index in [1.807, 2.05) is 34.7 Å². The van der Waals surface area contributed by atoms with Gasteiger partial charge < -0.3 is 10.6 Å². The van der Waals surface area contributed by atoms with E-state index in [2.05, 4.69) is 10.6 Å². The highest BCUT2D eigenvalue weighted by molar-refractivity contribution is 7.17.